The van der Waals surface area contributed by atoms with Gasteiger partial charge in [0.15, 0.2) is 0 Å². The van der Waals surface area contributed by atoms with Crippen LogP contribution in [0.3, 0.4) is 0 Å². The van der Waals surface area contributed by atoms with Crippen molar-refractivity contribution in [3.63, 3.8) is 0 Å². The summed E-state index contributed by atoms with van der Waals surface area (Å²) in [7, 11) is 1.72. The summed E-state index contributed by atoms with van der Waals surface area (Å²) < 4.78 is 5.16. The van der Waals surface area contributed by atoms with Crippen molar-refractivity contribution in [1.29, 1.82) is 0 Å². The van der Waals surface area contributed by atoms with Gasteiger partial charge in [0.2, 0.25) is 0 Å². The Hall–Kier alpha value is -1.59. The molecule has 0 aliphatic carbocycles. The molecule has 5 nitrogen and oxygen atoms in total. The number of amides is 1. The Bertz CT molecular complexity index is 478. The van der Waals surface area contributed by atoms with Gasteiger partial charge in [-0.3, -0.25) is 9.69 Å². The topological polar surface area (TPSA) is 58.8 Å². The largest absolute Gasteiger partial charge is 0.398 e. The van der Waals surface area contributed by atoms with Crippen molar-refractivity contribution < 1.29 is 9.53 Å². The third-order valence-electron chi connectivity index (χ3n) is 4.14. The first-order valence-electron chi connectivity index (χ1n) is 7.54. The predicted octanol–water partition coefficient (Wildman–Crippen LogP) is 1.45. The molecule has 1 saturated heterocycles. The highest BCUT2D eigenvalue weighted by atomic mass is 16.5. The second-order valence-corrected chi connectivity index (χ2v) is 5.43. The van der Waals surface area contributed by atoms with Gasteiger partial charge in [-0.15, -0.1) is 0 Å². The van der Waals surface area contributed by atoms with Crippen LogP contribution in [0.15, 0.2) is 24.3 Å². The van der Waals surface area contributed by atoms with Gasteiger partial charge in [-0.05, 0) is 18.6 Å². The van der Waals surface area contributed by atoms with Crippen LogP contribution in [-0.4, -0.2) is 61.6 Å². The lowest BCUT2D eigenvalue weighted by molar-refractivity contribution is 0.0385. The van der Waals surface area contributed by atoms with Crippen LogP contribution in [0, 0.1) is 0 Å². The van der Waals surface area contributed by atoms with E-state index in [1.165, 1.54) is 0 Å². The molecule has 0 spiro atoms. The van der Waals surface area contributed by atoms with Crippen molar-refractivity contribution in [1.82, 2.24) is 9.80 Å². The predicted molar refractivity (Wildman–Crippen MR) is 84.3 cm³/mol. The maximum Gasteiger partial charge on any atom is 0.256 e. The molecule has 1 aliphatic heterocycles. The number of rotatable bonds is 5. The first-order valence-corrected chi connectivity index (χ1v) is 7.54. The van der Waals surface area contributed by atoms with E-state index in [-0.39, 0.29) is 5.91 Å². The minimum Gasteiger partial charge on any atom is -0.398 e. The van der Waals surface area contributed by atoms with Crippen LogP contribution in [0.25, 0.3) is 0 Å². The second-order valence-electron chi connectivity index (χ2n) is 5.43. The molecule has 1 fully saturated rings. The highest BCUT2D eigenvalue weighted by molar-refractivity contribution is 5.99. The fourth-order valence-electron chi connectivity index (χ4n) is 2.83. The number of benzene rings is 1. The molecule has 0 radical (unpaired) electrons. The number of hydrogen-bond donors (Lipinski definition) is 1. The highest BCUT2D eigenvalue weighted by Crippen LogP contribution is 2.18. The molecule has 0 saturated carbocycles. The minimum atomic E-state index is 0.0398. The SMILES string of the molecule is CCC1CN(C(=O)c2ccccc2N)CCN1CCOC. The lowest BCUT2D eigenvalue weighted by Gasteiger charge is -2.41. The monoisotopic (exact) mass is 291 g/mol. The van der Waals surface area contributed by atoms with E-state index in [0.717, 1.165) is 39.2 Å². The van der Waals surface area contributed by atoms with E-state index in [1.807, 2.05) is 17.0 Å². The van der Waals surface area contributed by atoms with Crippen LogP contribution in [-0.2, 0) is 4.74 Å². The summed E-state index contributed by atoms with van der Waals surface area (Å²) in [4.78, 5) is 16.9. The van der Waals surface area contributed by atoms with Crippen molar-refractivity contribution in [2.75, 3.05) is 45.6 Å². The molecular weight excluding hydrogens is 266 g/mol. The van der Waals surface area contributed by atoms with Crippen LogP contribution < -0.4 is 5.73 Å². The number of nitrogens with zero attached hydrogens (tertiary/aromatic N) is 2. The molecule has 5 heteroatoms. The summed E-state index contributed by atoms with van der Waals surface area (Å²) >= 11 is 0. The lowest BCUT2D eigenvalue weighted by Crippen LogP contribution is -2.55. The molecule has 1 atom stereocenters. The number of nitrogens with two attached hydrogens (primary N) is 1. The lowest BCUT2D eigenvalue weighted by atomic mass is 10.1. The Morgan fingerprint density at radius 3 is 2.81 bits per heavy atom. The summed E-state index contributed by atoms with van der Waals surface area (Å²) in [6, 6.07) is 7.68. The number of para-hydroxylation sites is 1. The Labute approximate surface area is 126 Å². The van der Waals surface area contributed by atoms with Crippen LogP contribution in [0.4, 0.5) is 5.69 Å². The molecule has 116 valence electrons. The molecule has 2 N–H and O–H groups in total. The molecule has 0 aromatic heterocycles. The van der Waals surface area contributed by atoms with E-state index >= 15 is 0 Å². The number of nitrogen functional groups attached to an aromatic ring is 1. The fraction of sp³-hybridized carbons (Fsp3) is 0.562. The summed E-state index contributed by atoms with van der Waals surface area (Å²) in [5, 5.41) is 0. The van der Waals surface area contributed by atoms with E-state index in [2.05, 4.69) is 11.8 Å². The Balaban J connectivity index is 2.03. The molecule has 1 heterocycles. The van der Waals surface area contributed by atoms with Crippen molar-refractivity contribution in [3.05, 3.63) is 29.8 Å². The van der Waals surface area contributed by atoms with Gasteiger partial charge >= 0.3 is 0 Å². The zero-order chi connectivity index (χ0) is 15.2. The zero-order valence-corrected chi connectivity index (χ0v) is 12.9. The first-order chi connectivity index (χ1) is 10.2. The summed E-state index contributed by atoms with van der Waals surface area (Å²) in [5.41, 5.74) is 7.08. The number of ether oxygens (including phenoxy) is 1. The molecule has 1 unspecified atom stereocenters. The first kappa shape index (κ1) is 15.8. The van der Waals surface area contributed by atoms with Crippen molar-refractivity contribution >= 4 is 11.6 Å². The van der Waals surface area contributed by atoms with Crippen LogP contribution in [0.1, 0.15) is 23.7 Å². The average Bonchev–Trinajstić information content (AvgIpc) is 2.52. The van der Waals surface area contributed by atoms with Crippen molar-refractivity contribution in [2.45, 2.75) is 19.4 Å². The molecular formula is C16H25N3O2. The summed E-state index contributed by atoms with van der Waals surface area (Å²) in [5.74, 6) is 0.0398. The standard InChI is InChI=1S/C16H25N3O2/c1-3-13-12-19(9-8-18(13)10-11-21-2)16(20)14-6-4-5-7-15(14)17/h4-7,13H,3,8-12,17H2,1-2H3. The van der Waals surface area contributed by atoms with Crippen LogP contribution in [0.5, 0.6) is 0 Å². The van der Waals surface area contributed by atoms with E-state index in [4.69, 9.17) is 10.5 Å². The van der Waals surface area contributed by atoms with Gasteiger partial charge in [-0.2, -0.15) is 0 Å². The summed E-state index contributed by atoms with van der Waals surface area (Å²) in [6.07, 6.45) is 1.03. The molecule has 21 heavy (non-hydrogen) atoms. The maximum atomic E-state index is 12.6. The molecule has 1 aromatic carbocycles. The third kappa shape index (κ3) is 3.74. The Morgan fingerprint density at radius 1 is 1.38 bits per heavy atom. The second kappa shape index (κ2) is 7.43. The highest BCUT2D eigenvalue weighted by Gasteiger charge is 2.29. The molecule has 1 aliphatic rings. The average molecular weight is 291 g/mol. The number of methoxy groups -OCH3 is 1. The number of hydrogen-bond acceptors (Lipinski definition) is 4. The molecule has 2 rings (SSSR count). The Morgan fingerprint density at radius 2 is 2.14 bits per heavy atom. The van der Waals surface area contributed by atoms with Gasteiger partial charge in [-0.25, -0.2) is 0 Å². The van der Waals surface area contributed by atoms with Crippen LogP contribution >= 0.6 is 0 Å². The van der Waals surface area contributed by atoms with Gasteiger partial charge in [-0.1, -0.05) is 19.1 Å². The normalized spacial score (nSPS) is 19.7. The molecule has 1 amide bonds. The number of anilines is 1. The zero-order valence-electron chi connectivity index (χ0n) is 12.9. The van der Waals surface area contributed by atoms with Crippen molar-refractivity contribution in [3.8, 4) is 0 Å². The van der Waals surface area contributed by atoms with Crippen molar-refractivity contribution in [2.24, 2.45) is 0 Å². The van der Waals surface area contributed by atoms with Gasteiger partial charge in [0.25, 0.3) is 5.91 Å². The van der Waals surface area contributed by atoms with Crippen LogP contribution in [0.2, 0.25) is 0 Å². The fourth-order valence-corrected chi connectivity index (χ4v) is 2.83. The van der Waals surface area contributed by atoms with Gasteiger partial charge in [0.05, 0.1) is 12.2 Å². The Kier molecular flexibility index (Phi) is 5.59. The van der Waals surface area contributed by atoms with E-state index in [9.17, 15) is 4.79 Å². The maximum absolute atomic E-state index is 12.6. The summed E-state index contributed by atoms with van der Waals surface area (Å²) in [6.45, 7) is 6.21. The number of carbonyl (C=O) groups excluding carboxylic acids is 1. The quantitative estimate of drug-likeness (QED) is 0.834. The third-order valence-corrected chi connectivity index (χ3v) is 4.14. The number of piperazine rings is 1. The molecule has 1 aromatic rings. The van der Waals surface area contributed by atoms with E-state index in [0.29, 0.717) is 17.3 Å². The van der Waals surface area contributed by atoms with E-state index in [1.54, 1.807) is 19.2 Å². The number of carbonyl (C=O) groups is 1. The minimum absolute atomic E-state index is 0.0398. The van der Waals surface area contributed by atoms with E-state index < -0.39 is 0 Å². The smallest absolute Gasteiger partial charge is 0.256 e. The molecule has 0 bridgehead atoms. The van der Waals surface area contributed by atoms with Gasteiger partial charge in [0, 0.05) is 45.0 Å². The van der Waals surface area contributed by atoms with Gasteiger partial charge < -0.3 is 15.4 Å². The van der Waals surface area contributed by atoms with Gasteiger partial charge in [0.1, 0.15) is 0 Å².